The van der Waals surface area contributed by atoms with Crippen LogP contribution in [0.2, 0.25) is 0 Å². The Labute approximate surface area is 180 Å². The fourth-order valence-electron chi connectivity index (χ4n) is 4.32. The minimum atomic E-state index is -0.293. The van der Waals surface area contributed by atoms with Crippen molar-refractivity contribution in [3.8, 4) is 11.3 Å². The standard InChI is InChI=1S/C25H35N3O2/c1-6-28(7-2)15-11-12-17(4)26-24-21-16-19-13-9-10-14-20(19)23(21)27-18(5)22(24)25(29)30-8-3/h9-10,13-14,17H,6-8,11-12,15-16H2,1-5H3,(H,26,27). The predicted molar refractivity (Wildman–Crippen MR) is 123 cm³/mol. The maximum absolute atomic E-state index is 12.8. The molecule has 3 rings (SSSR count). The van der Waals surface area contributed by atoms with Crippen molar-refractivity contribution in [1.82, 2.24) is 9.88 Å². The molecule has 0 radical (unpaired) electrons. The molecule has 1 aromatic heterocycles. The quantitative estimate of drug-likeness (QED) is 0.474. The van der Waals surface area contributed by atoms with Crippen LogP contribution in [0.4, 0.5) is 5.69 Å². The topological polar surface area (TPSA) is 54.5 Å². The zero-order valence-electron chi connectivity index (χ0n) is 19.0. The van der Waals surface area contributed by atoms with E-state index in [2.05, 4.69) is 49.2 Å². The molecule has 0 bridgehead atoms. The molecule has 1 aliphatic carbocycles. The highest BCUT2D eigenvalue weighted by molar-refractivity contribution is 6.00. The van der Waals surface area contributed by atoms with Gasteiger partial charge in [0.15, 0.2) is 0 Å². The molecule has 1 N–H and O–H groups in total. The Morgan fingerprint density at radius 1 is 1.23 bits per heavy atom. The maximum atomic E-state index is 12.8. The van der Waals surface area contributed by atoms with Crippen LogP contribution in [0.25, 0.3) is 11.3 Å². The van der Waals surface area contributed by atoms with E-state index in [1.807, 2.05) is 19.9 Å². The Balaban J connectivity index is 1.89. The average Bonchev–Trinajstić information content (AvgIpc) is 3.10. The third-order valence-electron chi connectivity index (χ3n) is 5.99. The summed E-state index contributed by atoms with van der Waals surface area (Å²) in [5, 5.41) is 3.68. The summed E-state index contributed by atoms with van der Waals surface area (Å²) >= 11 is 0. The summed E-state index contributed by atoms with van der Waals surface area (Å²) < 4.78 is 5.38. The summed E-state index contributed by atoms with van der Waals surface area (Å²) in [6, 6.07) is 8.63. The number of rotatable bonds is 10. The molecule has 1 unspecified atom stereocenters. The molecule has 0 amide bonds. The molecule has 5 heteroatoms. The Morgan fingerprint density at radius 3 is 2.67 bits per heavy atom. The number of carbonyl (C=O) groups excluding carboxylic acids is 1. The van der Waals surface area contributed by atoms with E-state index in [4.69, 9.17) is 9.72 Å². The Hall–Kier alpha value is -2.40. The first kappa shape index (κ1) is 22.3. The Bertz CT molecular complexity index is 890. The smallest absolute Gasteiger partial charge is 0.342 e. The van der Waals surface area contributed by atoms with Gasteiger partial charge in [-0.3, -0.25) is 4.98 Å². The van der Waals surface area contributed by atoms with E-state index in [0.29, 0.717) is 12.2 Å². The third-order valence-corrected chi connectivity index (χ3v) is 5.99. The lowest BCUT2D eigenvalue weighted by Crippen LogP contribution is -2.26. The second kappa shape index (κ2) is 10.1. The van der Waals surface area contributed by atoms with Crippen LogP contribution in [-0.4, -0.2) is 48.1 Å². The van der Waals surface area contributed by atoms with E-state index in [-0.39, 0.29) is 12.0 Å². The van der Waals surface area contributed by atoms with Gasteiger partial charge in [-0.1, -0.05) is 38.1 Å². The SMILES string of the molecule is CCOC(=O)c1c(C)nc2c(c1NC(C)CCCN(CC)CC)Cc1ccccc1-2. The maximum Gasteiger partial charge on any atom is 0.342 e. The minimum absolute atomic E-state index is 0.253. The van der Waals surface area contributed by atoms with Gasteiger partial charge in [-0.05, 0) is 58.8 Å². The molecule has 30 heavy (non-hydrogen) atoms. The average molecular weight is 410 g/mol. The normalized spacial score (nSPS) is 13.1. The summed E-state index contributed by atoms with van der Waals surface area (Å²) in [7, 11) is 0. The Kier molecular flexibility index (Phi) is 7.48. The fourth-order valence-corrected chi connectivity index (χ4v) is 4.32. The highest BCUT2D eigenvalue weighted by Gasteiger charge is 2.29. The molecule has 5 nitrogen and oxygen atoms in total. The molecule has 0 aliphatic heterocycles. The number of fused-ring (bicyclic) bond motifs is 3. The lowest BCUT2D eigenvalue weighted by Gasteiger charge is -2.23. The minimum Gasteiger partial charge on any atom is -0.462 e. The number of nitrogens with one attached hydrogen (secondary N) is 1. The lowest BCUT2D eigenvalue weighted by atomic mass is 10.0. The molecule has 0 saturated carbocycles. The van der Waals surface area contributed by atoms with Crippen molar-refractivity contribution in [3.05, 3.63) is 46.6 Å². The van der Waals surface area contributed by atoms with Crippen molar-refractivity contribution in [2.75, 3.05) is 31.6 Å². The van der Waals surface area contributed by atoms with Crippen LogP contribution in [0, 0.1) is 6.92 Å². The number of esters is 1. The summed E-state index contributed by atoms with van der Waals surface area (Å²) in [4.78, 5) is 20.1. The number of ether oxygens (including phenoxy) is 1. The summed E-state index contributed by atoms with van der Waals surface area (Å²) in [6.45, 7) is 14.0. The van der Waals surface area contributed by atoms with Gasteiger partial charge in [0.1, 0.15) is 5.56 Å². The molecule has 0 fully saturated rings. The molecular formula is C25H35N3O2. The van der Waals surface area contributed by atoms with E-state index < -0.39 is 0 Å². The van der Waals surface area contributed by atoms with E-state index in [1.54, 1.807) is 0 Å². The monoisotopic (exact) mass is 409 g/mol. The van der Waals surface area contributed by atoms with Crippen molar-refractivity contribution < 1.29 is 9.53 Å². The van der Waals surface area contributed by atoms with Crippen molar-refractivity contribution in [2.45, 2.75) is 59.9 Å². The number of pyridine rings is 1. The van der Waals surface area contributed by atoms with E-state index >= 15 is 0 Å². The van der Waals surface area contributed by atoms with Crippen molar-refractivity contribution in [1.29, 1.82) is 0 Å². The van der Waals surface area contributed by atoms with Crippen LogP contribution in [0.1, 0.15) is 67.7 Å². The molecule has 162 valence electrons. The third kappa shape index (κ3) is 4.67. The summed E-state index contributed by atoms with van der Waals surface area (Å²) in [6.07, 6.45) is 2.96. The highest BCUT2D eigenvalue weighted by atomic mass is 16.5. The van der Waals surface area contributed by atoms with Gasteiger partial charge >= 0.3 is 5.97 Å². The van der Waals surface area contributed by atoms with Crippen LogP contribution >= 0.6 is 0 Å². The Morgan fingerprint density at radius 2 is 1.97 bits per heavy atom. The zero-order chi connectivity index (χ0) is 21.7. The number of hydrogen-bond donors (Lipinski definition) is 1. The van der Waals surface area contributed by atoms with Crippen LogP contribution in [0.3, 0.4) is 0 Å². The first-order chi connectivity index (χ1) is 14.5. The number of carbonyl (C=O) groups is 1. The molecular weight excluding hydrogens is 374 g/mol. The molecule has 1 heterocycles. The van der Waals surface area contributed by atoms with Crippen LogP contribution in [-0.2, 0) is 11.2 Å². The number of benzene rings is 1. The van der Waals surface area contributed by atoms with Gasteiger partial charge in [0.2, 0.25) is 0 Å². The molecule has 0 spiro atoms. The van der Waals surface area contributed by atoms with Crippen LogP contribution < -0.4 is 5.32 Å². The van der Waals surface area contributed by atoms with Crippen molar-refractivity contribution >= 4 is 11.7 Å². The number of nitrogens with zero attached hydrogens (tertiary/aromatic N) is 2. The fraction of sp³-hybridized carbons (Fsp3) is 0.520. The largest absolute Gasteiger partial charge is 0.462 e. The highest BCUT2D eigenvalue weighted by Crippen LogP contribution is 2.41. The zero-order valence-corrected chi connectivity index (χ0v) is 19.0. The van der Waals surface area contributed by atoms with Gasteiger partial charge in [-0.15, -0.1) is 0 Å². The van der Waals surface area contributed by atoms with Crippen molar-refractivity contribution in [3.63, 3.8) is 0 Å². The summed E-state index contributed by atoms with van der Waals surface area (Å²) in [5.74, 6) is -0.293. The second-order valence-corrected chi connectivity index (χ2v) is 8.04. The molecule has 1 aromatic carbocycles. The number of anilines is 1. The first-order valence-electron chi connectivity index (χ1n) is 11.3. The van der Waals surface area contributed by atoms with Crippen LogP contribution in [0.5, 0.6) is 0 Å². The number of aryl methyl sites for hydroxylation is 1. The lowest BCUT2D eigenvalue weighted by molar-refractivity contribution is 0.0526. The van der Waals surface area contributed by atoms with Gasteiger partial charge in [0.25, 0.3) is 0 Å². The van der Waals surface area contributed by atoms with Gasteiger partial charge in [-0.2, -0.15) is 0 Å². The van der Waals surface area contributed by atoms with E-state index in [0.717, 1.165) is 61.5 Å². The number of aromatic nitrogens is 1. The summed E-state index contributed by atoms with van der Waals surface area (Å²) in [5.41, 5.74) is 6.75. The van der Waals surface area contributed by atoms with Gasteiger partial charge in [-0.25, -0.2) is 4.79 Å². The van der Waals surface area contributed by atoms with Crippen LogP contribution in [0.15, 0.2) is 24.3 Å². The molecule has 1 aliphatic rings. The molecule has 1 atom stereocenters. The first-order valence-corrected chi connectivity index (χ1v) is 11.3. The van der Waals surface area contributed by atoms with Gasteiger partial charge in [0.05, 0.1) is 23.7 Å². The van der Waals surface area contributed by atoms with E-state index in [9.17, 15) is 4.79 Å². The molecule has 2 aromatic rings. The second-order valence-electron chi connectivity index (χ2n) is 8.04. The van der Waals surface area contributed by atoms with Gasteiger partial charge < -0.3 is 15.0 Å². The predicted octanol–water partition coefficient (Wildman–Crippen LogP) is 5.06. The molecule has 0 saturated heterocycles. The van der Waals surface area contributed by atoms with Gasteiger partial charge in [0, 0.05) is 23.6 Å². The van der Waals surface area contributed by atoms with Crippen molar-refractivity contribution in [2.24, 2.45) is 0 Å². The number of hydrogen-bond acceptors (Lipinski definition) is 5. The van der Waals surface area contributed by atoms with E-state index in [1.165, 1.54) is 11.1 Å².